The molecule has 2 N–H and O–H groups in total. The molecule has 100 valence electrons. The van der Waals surface area contributed by atoms with Crippen LogP contribution in [0.3, 0.4) is 0 Å². The van der Waals surface area contributed by atoms with Crippen molar-refractivity contribution in [2.24, 2.45) is 5.92 Å². The van der Waals surface area contributed by atoms with E-state index in [9.17, 15) is 4.79 Å². The number of ether oxygens (including phenoxy) is 1. The van der Waals surface area contributed by atoms with Gasteiger partial charge in [0.1, 0.15) is 5.75 Å². The van der Waals surface area contributed by atoms with Gasteiger partial charge in [-0.25, -0.2) is 4.79 Å². The SMILES string of the molecule is CC(C)CNC(=O)NCCCOc1ccccc1. The number of hydrogen-bond acceptors (Lipinski definition) is 2. The van der Waals surface area contributed by atoms with Crippen LogP contribution in [0.5, 0.6) is 5.75 Å². The molecule has 0 heterocycles. The maximum Gasteiger partial charge on any atom is 0.314 e. The number of nitrogens with one attached hydrogen (secondary N) is 2. The molecule has 0 aliphatic heterocycles. The van der Waals surface area contributed by atoms with Crippen LogP contribution in [0, 0.1) is 5.92 Å². The van der Waals surface area contributed by atoms with Crippen molar-refractivity contribution in [1.82, 2.24) is 10.6 Å². The number of para-hydroxylation sites is 1. The monoisotopic (exact) mass is 250 g/mol. The van der Waals surface area contributed by atoms with Gasteiger partial charge < -0.3 is 15.4 Å². The van der Waals surface area contributed by atoms with Gasteiger partial charge in [0.25, 0.3) is 0 Å². The summed E-state index contributed by atoms with van der Waals surface area (Å²) in [7, 11) is 0. The zero-order valence-electron chi connectivity index (χ0n) is 11.1. The van der Waals surface area contributed by atoms with Crippen LogP contribution in [0.15, 0.2) is 30.3 Å². The molecule has 1 aromatic rings. The molecule has 18 heavy (non-hydrogen) atoms. The fraction of sp³-hybridized carbons (Fsp3) is 0.500. The molecule has 0 atom stereocenters. The van der Waals surface area contributed by atoms with Crippen molar-refractivity contribution in [2.75, 3.05) is 19.7 Å². The third kappa shape index (κ3) is 6.78. The third-order valence-electron chi connectivity index (χ3n) is 2.29. The van der Waals surface area contributed by atoms with E-state index >= 15 is 0 Å². The fourth-order valence-electron chi connectivity index (χ4n) is 1.34. The van der Waals surface area contributed by atoms with Crippen LogP contribution in [-0.2, 0) is 0 Å². The Balaban J connectivity index is 2.00. The Kier molecular flexibility index (Phi) is 6.69. The zero-order valence-corrected chi connectivity index (χ0v) is 11.1. The maximum absolute atomic E-state index is 11.3. The molecule has 0 spiro atoms. The normalized spacial score (nSPS) is 10.2. The Labute approximate surface area is 109 Å². The summed E-state index contributed by atoms with van der Waals surface area (Å²) < 4.78 is 5.51. The zero-order chi connectivity index (χ0) is 13.2. The van der Waals surface area contributed by atoms with Crippen LogP contribution in [0.4, 0.5) is 4.79 Å². The molecule has 0 aliphatic rings. The third-order valence-corrected chi connectivity index (χ3v) is 2.29. The summed E-state index contributed by atoms with van der Waals surface area (Å²) in [5, 5.41) is 5.59. The van der Waals surface area contributed by atoms with E-state index in [1.54, 1.807) is 0 Å². The summed E-state index contributed by atoms with van der Waals surface area (Å²) in [6.07, 6.45) is 0.796. The topological polar surface area (TPSA) is 50.4 Å². The Morgan fingerprint density at radius 1 is 1.22 bits per heavy atom. The average molecular weight is 250 g/mol. The molecule has 0 saturated heterocycles. The number of carbonyl (C=O) groups is 1. The second-order valence-electron chi connectivity index (χ2n) is 4.55. The van der Waals surface area contributed by atoms with Gasteiger partial charge in [0, 0.05) is 13.1 Å². The minimum Gasteiger partial charge on any atom is -0.494 e. The first kappa shape index (κ1) is 14.4. The van der Waals surface area contributed by atoms with E-state index in [0.29, 0.717) is 25.6 Å². The smallest absolute Gasteiger partial charge is 0.314 e. The van der Waals surface area contributed by atoms with Crippen LogP contribution in [0.1, 0.15) is 20.3 Å². The summed E-state index contributed by atoms with van der Waals surface area (Å²) in [6.45, 7) is 6.06. The van der Waals surface area contributed by atoms with Crippen molar-refractivity contribution in [1.29, 1.82) is 0 Å². The first-order chi connectivity index (χ1) is 8.68. The Morgan fingerprint density at radius 3 is 2.61 bits per heavy atom. The lowest BCUT2D eigenvalue weighted by Crippen LogP contribution is -2.38. The van der Waals surface area contributed by atoms with Crippen LogP contribution < -0.4 is 15.4 Å². The average Bonchev–Trinajstić information content (AvgIpc) is 2.37. The second-order valence-corrected chi connectivity index (χ2v) is 4.55. The lowest BCUT2D eigenvalue weighted by Gasteiger charge is -2.09. The molecule has 4 heteroatoms. The molecule has 1 aromatic carbocycles. The van der Waals surface area contributed by atoms with Gasteiger partial charge in [-0.15, -0.1) is 0 Å². The Morgan fingerprint density at radius 2 is 1.94 bits per heavy atom. The van der Waals surface area contributed by atoms with Gasteiger partial charge in [-0.2, -0.15) is 0 Å². The van der Waals surface area contributed by atoms with Gasteiger partial charge in [-0.1, -0.05) is 32.0 Å². The van der Waals surface area contributed by atoms with Crippen LogP contribution >= 0.6 is 0 Å². The summed E-state index contributed by atoms with van der Waals surface area (Å²) in [5.41, 5.74) is 0. The molecule has 2 amide bonds. The van der Waals surface area contributed by atoms with Crippen molar-refractivity contribution in [3.63, 3.8) is 0 Å². The van der Waals surface area contributed by atoms with Crippen LogP contribution in [-0.4, -0.2) is 25.7 Å². The van der Waals surface area contributed by atoms with E-state index in [-0.39, 0.29) is 6.03 Å². The summed E-state index contributed by atoms with van der Waals surface area (Å²) in [4.78, 5) is 11.3. The van der Waals surface area contributed by atoms with Crippen molar-refractivity contribution >= 4 is 6.03 Å². The molecule has 0 fully saturated rings. The summed E-state index contributed by atoms with van der Waals surface area (Å²) >= 11 is 0. The molecular formula is C14H22N2O2. The van der Waals surface area contributed by atoms with Crippen molar-refractivity contribution in [2.45, 2.75) is 20.3 Å². The first-order valence-electron chi connectivity index (χ1n) is 6.38. The van der Waals surface area contributed by atoms with Gasteiger partial charge in [-0.3, -0.25) is 0 Å². The predicted octanol–water partition coefficient (Wildman–Crippen LogP) is 2.41. The van der Waals surface area contributed by atoms with E-state index in [4.69, 9.17) is 4.74 Å². The lowest BCUT2D eigenvalue weighted by molar-refractivity contribution is 0.238. The Hall–Kier alpha value is -1.71. The molecule has 4 nitrogen and oxygen atoms in total. The molecule has 1 rings (SSSR count). The summed E-state index contributed by atoms with van der Waals surface area (Å²) in [5.74, 6) is 1.33. The second kappa shape index (κ2) is 8.39. The summed E-state index contributed by atoms with van der Waals surface area (Å²) in [6, 6.07) is 9.56. The molecule has 0 aromatic heterocycles. The van der Waals surface area contributed by atoms with Crippen molar-refractivity contribution in [3.8, 4) is 5.75 Å². The standard InChI is InChI=1S/C14H22N2O2/c1-12(2)11-16-14(17)15-9-6-10-18-13-7-4-3-5-8-13/h3-5,7-8,12H,6,9-11H2,1-2H3,(H2,15,16,17). The molecular weight excluding hydrogens is 228 g/mol. The van der Waals surface area contributed by atoms with Gasteiger partial charge >= 0.3 is 6.03 Å². The first-order valence-corrected chi connectivity index (χ1v) is 6.38. The number of carbonyl (C=O) groups excluding carboxylic acids is 1. The molecule has 0 saturated carbocycles. The minimum atomic E-state index is -0.108. The number of benzene rings is 1. The highest BCUT2D eigenvalue weighted by Crippen LogP contribution is 2.07. The van der Waals surface area contributed by atoms with Gasteiger partial charge in [-0.05, 0) is 24.5 Å². The highest BCUT2D eigenvalue weighted by atomic mass is 16.5. The van der Waals surface area contributed by atoms with Crippen LogP contribution in [0.2, 0.25) is 0 Å². The van der Waals surface area contributed by atoms with E-state index in [0.717, 1.165) is 12.2 Å². The number of hydrogen-bond donors (Lipinski definition) is 2. The number of amides is 2. The predicted molar refractivity (Wildman–Crippen MR) is 72.8 cm³/mol. The highest BCUT2D eigenvalue weighted by molar-refractivity contribution is 5.73. The molecule has 0 unspecified atom stereocenters. The van der Waals surface area contributed by atoms with Gasteiger partial charge in [0.15, 0.2) is 0 Å². The molecule has 0 bridgehead atoms. The fourth-order valence-corrected chi connectivity index (χ4v) is 1.34. The number of rotatable bonds is 7. The molecule has 0 aliphatic carbocycles. The van der Waals surface area contributed by atoms with E-state index in [1.807, 2.05) is 30.3 Å². The Bertz CT molecular complexity index is 339. The largest absolute Gasteiger partial charge is 0.494 e. The minimum absolute atomic E-state index is 0.108. The van der Waals surface area contributed by atoms with Crippen molar-refractivity contribution < 1.29 is 9.53 Å². The van der Waals surface area contributed by atoms with Gasteiger partial charge in [0.05, 0.1) is 6.61 Å². The van der Waals surface area contributed by atoms with Crippen LogP contribution in [0.25, 0.3) is 0 Å². The molecule has 0 radical (unpaired) electrons. The maximum atomic E-state index is 11.3. The lowest BCUT2D eigenvalue weighted by atomic mass is 10.2. The number of urea groups is 1. The van der Waals surface area contributed by atoms with E-state index in [1.165, 1.54) is 0 Å². The van der Waals surface area contributed by atoms with E-state index < -0.39 is 0 Å². The van der Waals surface area contributed by atoms with Crippen molar-refractivity contribution in [3.05, 3.63) is 30.3 Å². The van der Waals surface area contributed by atoms with E-state index in [2.05, 4.69) is 24.5 Å². The quantitative estimate of drug-likeness (QED) is 0.730. The van der Waals surface area contributed by atoms with Gasteiger partial charge in [0.2, 0.25) is 0 Å². The highest BCUT2D eigenvalue weighted by Gasteiger charge is 2.00.